The molecule has 2 aromatic rings. The Balaban J connectivity index is 1.63. The molecule has 1 aliphatic rings. The number of hydrogen-bond donors (Lipinski definition) is 2. The van der Waals surface area contributed by atoms with Crippen LogP contribution in [0.3, 0.4) is 0 Å². The monoisotopic (exact) mass is 408 g/mol. The molecule has 0 unspecified atom stereocenters. The van der Waals surface area contributed by atoms with Gasteiger partial charge in [0.1, 0.15) is 6.04 Å². The fourth-order valence-electron chi connectivity index (χ4n) is 3.98. The number of carbonyl (C=O) groups is 3. The molecule has 1 saturated heterocycles. The highest BCUT2D eigenvalue weighted by atomic mass is 16.4. The molecule has 0 spiro atoms. The number of likely N-dealkylation sites (tertiary alicyclic amines) is 1. The smallest absolute Gasteiger partial charge is 0.326 e. The van der Waals surface area contributed by atoms with Crippen LogP contribution in [0.15, 0.2) is 54.6 Å². The lowest BCUT2D eigenvalue weighted by molar-refractivity contribution is -0.142. The number of carboxylic acids is 1. The van der Waals surface area contributed by atoms with E-state index < -0.39 is 12.0 Å². The lowest BCUT2D eigenvalue weighted by Gasteiger charge is -2.26. The van der Waals surface area contributed by atoms with Crippen LogP contribution in [0.4, 0.5) is 0 Å². The molecule has 6 heteroatoms. The summed E-state index contributed by atoms with van der Waals surface area (Å²) in [4.78, 5) is 38.5. The van der Waals surface area contributed by atoms with Gasteiger partial charge in [0.2, 0.25) is 11.8 Å². The van der Waals surface area contributed by atoms with E-state index in [-0.39, 0.29) is 30.7 Å². The summed E-state index contributed by atoms with van der Waals surface area (Å²) < 4.78 is 0. The molecular weight excluding hydrogens is 380 g/mol. The SMILES string of the molecule is CCc1ccccc1CN1C(=O)CC[C@H]1CC(=O)N[C@H](Cc1ccccc1)C(=O)O. The number of nitrogens with one attached hydrogen (secondary N) is 1. The highest BCUT2D eigenvalue weighted by Crippen LogP contribution is 2.25. The number of hydrogen-bond acceptors (Lipinski definition) is 3. The third-order valence-corrected chi connectivity index (χ3v) is 5.63. The van der Waals surface area contributed by atoms with Gasteiger partial charge in [-0.2, -0.15) is 0 Å². The van der Waals surface area contributed by atoms with Gasteiger partial charge in [0.25, 0.3) is 0 Å². The number of nitrogens with zero attached hydrogens (tertiary/aromatic N) is 1. The first kappa shape index (κ1) is 21.6. The van der Waals surface area contributed by atoms with E-state index in [2.05, 4.69) is 18.3 Å². The highest BCUT2D eigenvalue weighted by molar-refractivity contribution is 5.85. The van der Waals surface area contributed by atoms with Gasteiger partial charge in [0, 0.05) is 31.8 Å². The van der Waals surface area contributed by atoms with Crippen LogP contribution in [-0.2, 0) is 33.8 Å². The summed E-state index contributed by atoms with van der Waals surface area (Å²) >= 11 is 0. The Morgan fingerprint density at radius 2 is 1.77 bits per heavy atom. The predicted octanol–water partition coefficient (Wildman–Crippen LogP) is 2.94. The minimum absolute atomic E-state index is 0.0396. The molecule has 30 heavy (non-hydrogen) atoms. The van der Waals surface area contributed by atoms with Crippen molar-refractivity contribution >= 4 is 17.8 Å². The quantitative estimate of drug-likeness (QED) is 0.668. The number of carboxylic acid groups (broad SMARTS) is 1. The molecule has 1 fully saturated rings. The van der Waals surface area contributed by atoms with Crippen molar-refractivity contribution in [3.8, 4) is 0 Å². The van der Waals surface area contributed by atoms with Gasteiger partial charge >= 0.3 is 5.97 Å². The van der Waals surface area contributed by atoms with E-state index in [0.29, 0.717) is 19.4 Å². The lowest BCUT2D eigenvalue weighted by atomic mass is 10.0. The predicted molar refractivity (Wildman–Crippen MR) is 114 cm³/mol. The molecule has 2 N–H and O–H groups in total. The van der Waals surface area contributed by atoms with Crippen LogP contribution in [0, 0.1) is 0 Å². The second kappa shape index (κ2) is 10.1. The molecule has 2 aromatic carbocycles. The van der Waals surface area contributed by atoms with E-state index in [9.17, 15) is 19.5 Å². The molecule has 0 radical (unpaired) electrons. The minimum atomic E-state index is -1.07. The fourth-order valence-corrected chi connectivity index (χ4v) is 3.98. The van der Waals surface area contributed by atoms with Crippen molar-refractivity contribution in [3.05, 3.63) is 71.3 Å². The topological polar surface area (TPSA) is 86.7 Å². The summed E-state index contributed by atoms with van der Waals surface area (Å²) in [7, 11) is 0. The third-order valence-electron chi connectivity index (χ3n) is 5.63. The molecular formula is C24H28N2O4. The maximum Gasteiger partial charge on any atom is 0.326 e. The van der Waals surface area contributed by atoms with Gasteiger partial charge < -0.3 is 15.3 Å². The molecule has 3 rings (SSSR count). The number of carbonyl (C=O) groups excluding carboxylic acids is 2. The van der Waals surface area contributed by atoms with E-state index >= 15 is 0 Å². The van der Waals surface area contributed by atoms with E-state index in [0.717, 1.165) is 17.5 Å². The van der Waals surface area contributed by atoms with Gasteiger partial charge in [0.15, 0.2) is 0 Å². The fraction of sp³-hybridized carbons (Fsp3) is 0.375. The molecule has 0 aliphatic carbocycles. The number of aliphatic carboxylic acids is 1. The van der Waals surface area contributed by atoms with E-state index in [1.165, 1.54) is 5.56 Å². The average Bonchev–Trinajstić information content (AvgIpc) is 3.08. The molecule has 1 aliphatic heterocycles. The zero-order chi connectivity index (χ0) is 21.5. The van der Waals surface area contributed by atoms with Crippen LogP contribution < -0.4 is 5.32 Å². The van der Waals surface area contributed by atoms with Crippen molar-refractivity contribution in [3.63, 3.8) is 0 Å². The number of amides is 2. The van der Waals surface area contributed by atoms with E-state index in [1.54, 1.807) is 4.90 Å². The van der Waals surface area contributed by atoms with Crippen molar-refractivity contribution in [2.75, 3.05) is 0 Å². The van der Waals surface area contributed by atoms with Crippen LogP contribution in [0.25, 0.3) is 0 Å². The normalized spacial score (nSPS) is 17.0. The van der Waals surface area contributed by atoms with Gasteiger partial charge in [-0.05, 0) is 29.5 Å². The Morgan fingerprint density at radius 1 is 1.10 bits per heavy atom. The average molecular weight is 408 g/mol. The highest BCUT2D eigenvalue weighted by Gasteiger charge is 2.33. The Morgan fingerprint density at radius 3 is 2.43 bits per heavy atom. The number of benzene rings is 2. The summed E-state index contributed by atoms with van der Waals surface area (Å²) in [5, 5.41) is 12.1. The minimum Gasteiger partial charge on any atom is -0.480 e. The maximum absolute atomic E-state index is 12.6. The van der Waals surface area contributed by atoms with Crippen LogP contribution in [0.2, 0.25) is 0 Å². The first-order chi connectivity index (χ1) is 14.5. The van der Waals surface area contributed by atoms with Crippen molar-refractivity contribution in [2.45, 2.75) is 57.7 Å². The third kappa shape index (κ3) is 5.47. The Labute approximate surface area is 176 Å². The number of rotatable bonds is 9. The molecule has 158 valence electrons. The molecule has 6 nitrogen and oxygen atoms in total. The molecule has 2 amide bonds. The van der Waals surface area contributed by atoms with Crippen molar-refractivity contribution < 1.29 is 19.5 Å². The largest absolute Gasteiger partial charge is 0.480 e. The first-order valence-corrected chi connectivity index (χ1v) is 10.4. The van der Waals surface area contributed by atoms with Gasteiger partial charge in [-0.15, -0.1) is 0 Å². The van der Waals surface area contributed by atoms with Crippen LogP contribution in [0.1, 0.15) is 42.9 Å². The summed E-state index contributed by atoms with van der Waals surface area (Å²) in [5.41, 5.74) is 3.13. The summed E-state index contributed by atoms with van der Waals surface area (Å²) in [6.45, 7) is 2.56. The Hall–Kier alpha value is -3.15. The van der Waals surface area contributed by atoms with Crippen molar-refractivity contribution in [1.29, 1.82) is 0 Å². The zero-order valence-corrected chi connectivity index (χ0v) is 17.2. The summed E-state index contributed by atoms with van der Waals surface area (Å²) in [6.07, 6.45) is 2.23. The first-order valence-electron chi connectivity index (χ1n) is 10.4. The van der Waals surface area contributed by atoms with Gasteiger partial charge in [-0.1, -0.05) is 61.5 Å². The van der Waals surface area contributed by atoms with Gasteiger partial charge in [-0.25, -0.2) is 4.79 Å². The summed E-state index contributed by atoms with van der Waals surface area (Å²) in [5.74, 6) is -1.37. The van der Waals surface area contributed by atoms with E-state index in [4.69, 9.17) is 0 Å². The van der Waals surface area contributed by atoms with Crippen LogP contribution in [-0.4, -0.2) is 39.9 Å². The second-order valence-corrected chi connectivity index (χ2v) is 7.69. The molecule has 1 heterocycles. The zero-order valence-electron chi connectivity index (χ0n) is 17.2. The van der Waals surface area contributed by atoms with Crippen molar-refractivity contribution in [2.24, 2.45) is 0 Å². The lowest BCUT2D eigenvalue weighted by Crippen LogP contribution is -2.45. The standard InChI is InChI=1S/C24H28N2O4/c1-2-18-10-6-7-11-19(18)16-26-20(12-13-23(26)28)15-22(27)25-21(24(29)30)14-17-8-4-3-5-9-17/h3-11,20-21H,2,12-16H2,1H3,(H,25,27)(H,29,30)/t20-,21+/m0/s1. The van der Waals surface area contributed by atoms with Crippen LogP contribution in [0.5, 0.6) is 0 Å². The Kier molecular flexibility index (Phi) is 7.22. The Bertz CT molecular complexity index is 897. The van der Waals surface area contributed by atoms with E-state index in [1.807, 2.05) is 48.5 Å². The second-order valence-electron chi connectivity index (χ2n) is 7.69. The molecule has 0 bridgehead atoms. The molecule has 2 atom stereocenters. The summed E-state index contributed by atoms with van der Waals surface area (Å²) in [6, 6.07) is 16.0. The molecule has 0 aromatic heterocycles. The maximum atomic E-state index is 12.6. The van der Waals surface area contributed by atoms with Gasteiger partial charge in [-0.3, -0.25) is 9.59 Å². The molecule has 0 saturated carbocycles. The number of aryl methyl sites for hydroxylation is 1. The van der Waals surface area contributed by atoms with Crippen molar-refractivity contribution in [1.82, 2.24) is 10.2 Å². The van der Waals surface area contributed by atoms with Gasteiger partial charge in [0.05, 0.1) is 0 Å². The van der Waals surface area contributed by atoms with Crippen LogP contribution >= 0.6 is 0 Å².